The van der Waals surface area contributed by atoms with Crippen molar-refractivity contribution in [1.82, 2.24) is 9.97 Å². The Morgan fingerprint density at radius 2 is 2.10 bits per heavy atom. The van der Waals surface area contributed by atoms with Gasteiger partial charge in [0.1, 0.15) is 5.75 Å². The van der Waals surface area contributed by atoms with E-state index < -0.39 is 0 Å². The van der Waals surface area contributed by atoms with Gasteiger partial charge in [-0.2, -0.15) is 5.10 Å². The van der Waals surface area contributed by atoms with Gasteiger partial charge in [-0.15, -0.1) is 0 Å². The lowest BCUT2D eigenvalue weighted by molar-refractivity contribution is 0.474. The third-order valence-electron chi connectivity index (χ3n) is 3.09. The molecule has 0 spiro atoms. The van der Waals surface area contributed by atoms with Gasteiger partial charge < -0.3 is 10.0 Å². The van der Waals surface area contributed by atoms with E-state index in [1.165, 1.54) is 0 Å². The molecular formula is C15H19N5O. The molecule has 0 amide bonds. The monoisotopic (exact) mass is 285 g/mol. The molecule has 1 heterocycles. The molecule has 1 aromatic heterocycles. The molecule has 1 aromatic carbocycles. The molecule has 0 saturated carbocycles. The molecule has 2 rings (SSSR count). The number of nitrogens with one attached hydrogen (secondary N) is 1. The maximum absolute atomic E-state index is 10.1. The van der Waals surface area contributed by atoms with Gasteiger partial charge in [-0.3, -0.25) is 10.4 Å². The minimum atomic E-state index is 0.198. The first kappa shape index (κ1) is 14.8. The Bertz CT molecular complexity index is 596. The second-order valence-electron chi connectivity index (χ2n) is 4.38. The van der Waals surface area contributed by atoms with Crippen LogP contribution in [0.3, 0.4) is 0 Å². The van der Waals surface area contributed by atoms with Gasteiger partial charge in [0.15, 0.2) is 5.82 Å². The fourth-order valence-corrected chi connectivity index (χ4v) is 1.95. The Balaban J connectivity index is 2.07. The van der Waals surface area contributed by atoms with Crippen molar-refractivity contribution < 1.29 is 5.11 Å². The minimum absolute atomic E-state index is 0.198. The smallest absolute Gasteiger partial charge is 0.164 e. The Morgan fingerprint density at radius 3 is 2.71 bits per heavy atom. The summed E-state index contributed by atoms with van der Waals surface area (Å²) in [4.78, 5) is 10.1. The molecular weight excluding hydrogens is 266 g/mol. The van der Waals surface area contributed by atoms with Crippen LogP contribution in [0.5, 0.6) is 5.75 Å². The molecule has 110 valence electrons. The highest BCUT2D eigenvalue weighted by atomic mass is 16.3. The molecule has 6 nitrogen and oxygen atoms in total. The number of hydrazone groups is 1. The number of nitrogens with zero attached hydrogens (tertiary/aromatic N) is 4. The van der Waals surface area contributed by atoms with Crippen molar-refractivity contribution in [1.29, 1.82) is 0 Å². The van der Waals surface area contributed by atoms with Crippen molar-refractivity contribution in [2.45, 2.75) is 13.8 Å². The molecule has 0 fully saturated rings. The van der Waals surface area contributed by atoms with E-state index >= 15 is 0 Å². The average Bonchev–Trinajstić information content (AvgIpc) is 2.51. The average molecular weight is 285 g/mol. The van der Waals surface area contributed by atoms with E-state index in [9.17, 15) is 5.11 Å². The van der Waals surface area contributed by atoms with Crippen LogP contribution >= 0.6 is 0 Å². The predicted octanol–water partition coefficient (Wildman–Crippen LogP) is 2.47. The summed E-state index contributed by atoms with van der Waals surface area (Å²) in [6.45, 7) is 5.97. The van der Waals surface area contributed by atoms with Gasteiger partial charge in [0.2, 0.25) is 0 Å². The highest BCUT2D eigenvalue weighted by molar-refractivity contribution is 5.84. The van der Waals surface area contributed by atoms with E-state index in [0.29, 0.717) is 11.4 Å². The first-order valence-corrected chi connectivity index (χ1v) is 6.87. The zero-order valence-corrected chi connectivity index (χ0v) is 12.2. The molecule has 21 heavy (non-hydrogen) atoms. The Hall–Kier alpha value is -2.63. The van der Waals surface area contributed by atoms with Crippen molar-refractivity contribution in [3.8, 4) is 5.75 Å². The summed E-state index contributed by atoms with van der Waals surface area (Å²) in [5.41, 5.74) is 4.39. The summed E-state index contributed by atoms with van der Waals surface area (Å²) in [7, 11) is 0. The fraction of sp³-hybridized carbons (Fsp3) is 0.267. The van der Waals surface area contributed by atoms with Gasteiger partial charge in [0.25, 0.3) is 0 Å². The van der Waals surface area contributed by atoms with Crippen LogP contribution < -0.4 is 10.3 Å². The van der Waals surface area contributed by atoms with E-state index in [4.69, 9.17) is 0 Å². The second kappa shape index (κ2) is 7.23. The number of aromatic nitrogens is 2. The zero-order chi connectivity index (χ0) is 15.1. The molecule has 0 unspecified atom stereocenters. The number of hydrogen-bond donors (Lipinski definition) is 2. The van der Waals surface area contributed by atoms with Gasteiger partial charge in [-0.25, -0.2) is 4.98 Å². The van der Waals surface area contributed by atoms with Gasteiger partial charge in [0.05, 0.1) is 12.4 Å². The van der Waals surface area contributed by atoms with Crippen LogP contribution in [0, 0.1) is 0 Å². The Labute approximate surface area is 124 Å². The predicted molar refractivity (Wildman–Crippen MR) is 84.9 cm³/mol. The summed E-state index contributed by atoms with van der Waals surface area (Å²) in [5.74, 6) is 0.747. The van der Waals surface area contributed by atoms with Gasteiger partial charge in [-0.1, -0.05) is 0 Å². The standard InChI is InChI=1S/C15H19N5O/c1-3-20(4-2)13-6-5-12(14(21)9-13)10-18-19-15-11-16-7-8-17-15/h5-11,21H,3-4H2,1-2H3,(H,17,19)/b18-10+. The van der Waals surface area contributed by atoms with E-state index in [-0.39, 0.29) is 5.75 Å². The molecule has 2 N–H and O–H groups in total. The van der Waals surface area contributed by atoms with E-state index in [0.717, 1.165) is 18.8 Å². The third kappa shape index (κ3) is 3.92. The Kier molecular flexibility index (Phi) is 5.09. The summed E-state index contributed by atoms with van der Waals surface area (Å²) in [6.07, 6.45) is 6.29. The molecule has 0 aliphatic heterocycles. The number of rotatable bonds is 6. The van der Waals surface area contributed by atoms with Crippen LogP contribution in [0.1, 0.15) is 19.4 Å². The number of anilines is 2. The van der Waals surface area contributed by atoms with Crippen molar-refractivity contribution in [2.75, 3.05) is 23.4 Å². The van der Waals surface area contributed by atoms with E-state index in [1.807, 2.05) is 12.1 Å². The number of hydrogen-bond acceptors (Lipinski definition) is 6. The number of aromatic hydroxyl groups is 1. The maximum Gasteiger partial charge on any atom is 0.164 e. The zero-order valence-electron chi connectivity index (χ0n) is 12.2. The summed E-state index contributed by atoms with van der Waals surface area (Å²) >= 11 is 0. The van der Waals surface area contributed by atoms with Crippen molar-refractivity contribution >= 4 is 17.7 Å². The molecule has 0 bridgehead atoms. The molecule has 0 aliphatic rings. The highest BCUT2D eigenvalue weighted by Gasteiger charge is 2.05. The number of phenols is 1. The summed E-state index contributed by atoms with van der Waals surface area (Å²) in [5, 5.41) is 14.1. The summed E-state index contributed by atoms with van der Waals surface area (Å²) < 4.78 is 0. The van der Waals surface area contributed by atoms with Crippen LogP contribution in [0.4, 0.5) is 11.5 Å². The van der Waals surface area contributed by atoms with Crippen LogP contribution in [0.25, 0.3) is 0 Å². The van der Waals surface area contributed by atoms with E-state index in [2.05, 4.69) is 39.2 Å². The maximum atomic E-state index is 10.1. The first-order valence-electron chi connectivity index (χ1n) is 6.87. The normalized spacial score (nSPS) is 10.8. The number of benzene rings is 1. The molecule has 6 heteroatoms. The summed E-state index contributed by atoms with van der Waals surface area (Å²) in [6, 6.07) is 5.55. The first-order chi connectivity index (χ1) is 10.2. The highest BCUT2D eigenvalue weighted by Crippen LogP contribution is 2.23. The van der Waals surface area contributed by atoms with Crippen molar-refractivity contribution in [2.24, 2.45) is 5.10 Å². The van der Waals surface area contributed by atoms with E-state index in [1.54, 1.807) is 30.9 Å². The molecule has 0 radical (unpaired) electrons. The van der Waals surface area contributed by atoms with Gasteiger partial charge in [0, 0.05) is 42.8 Å². The SMILES string of the molecule is CCN(CC)c1ccc(/C=N/Nc2cnccn2)c(O)c1. The fourth-order valence-electron chi connectivity index (χ4n) is 1.95. The molecule has 2 aromatic rings. The quantitative estimate of drug-likeness (QED) is 0.630. The van der Waals surface area contributed by atoms with Gasteiger partial charge in [-0.05, 0) is 26.0 Å². The largest absolute Gasteiger partial charge is 0.507 e. The second-order valence-corrected chi connectivity index (χ2v) is 4.38. The third-order valence-corrected chi connectivity index (χ3v) is 3.09. The Morgan fingerprint density at radius 1 is 1.29 bits per heavy atom. The van der Waals surface area contributed by atoms with Crippen molar-refractivity contribution in [3.63, 3.8) is 0 Å². The van der Waals surface area contributed by atoms with Crippen LogP contribution in [-0.4, -0.2) is 34.4 Å². The van der Waals surface area contributed by atoms with Crippen LogP contribution in [-0.2, 0) is 0 Å². The van der Waals surface area contributed by atoms with Crippen molar-refractivity contribution in [3.05, 3.63) is 42.4 Å². The number of phenolic OH excluding ortho intramolecular Hbond substituents is 1. The van der Waals surface area contributed by atoms with Crippen LogP contribution in [0.2, 0.25) is 0 Å². The van der Waals surface area contributed by atoms with Gasteiger partial charge >= 0.3 is 0 Å². The molecule has 0 atom stereocenters. The molecule has 0 saturated heterocycles. The minimum Gasteiger partial charge on any atom is -0.507 e. The van der Waals surface area contributed by atoms with Crippen LogP contribution in [0.15, 0.2) is 41.9 Å². The lowest BCUT2D eigenvalue weighted by Crippen LogP contribution is -2.21. The topological polar surface area (TPSA) is 73.6 Å². The lowest BCUT2D eigenvalue weighted by Gasteiger charge is -2.21. The molecule has 0 aliphatic carbocycles. The lowest BCUT2D eigenvalue weighted by atomic mass is 10.2.